The van der Waals surface area contributed by atoms with Gasteiger partial charge in [0.1, 0.15) is 0 Å². The van der Waals surface area contributed by atoms with Gasteiger partial charge in [-0.3, -0.25) is 4.55 Å². The summed E-state index contributed by atoms with van der Waals surface area (Å²) < 4.78 is 29.0. The molecule has 0 saturated carbocycles. The van der Waals surface area contributed by atoms with Gasteiger partial charge >= 0.3 is 5.97 Å². The molecule has 0 rings (SSSR count). The van der Waals surface area contributed by atoms with Gasteiger partial charge in [0, 0.05) is 5.57 Å². The topological polar surface area (TPSA) is 91.7 Å². The minimum absolute atomic E-state index is 0.211. The van der Waals surface area contributed by atoms with Crippen LogP contribution in [-0.2, 0) is 14.9 Å². The van der Waals surface area contributed by atoms with Crippen LogP contribution in [0, 0.1) is 0 Å². The molecule has 0 fully saturated rings. The quantitative estimate of drug-likeness (QED) is 0.384. The van der Waals surface area contributed by atoms with Crippen LogP contribution in [0.25, 0.3) is 0 Å². The van der Waals surface area contributed by atoms with Gasteiger partial charge in [-0.2, -0.15) is 8.42 Å². The molecule has 0 heterocycles. The summed E-state index contributed by atoms with van der Waals surface area (Å²) in [6, 6.07) is 0. The van der Waals surface area contributed by atoms with E-state index >= 15 is 0 Å². The highest BCUT2D eigenvalue weighted by Gasteiger charge is 2.10. The third kappa shape index (κ3) is 3.31. The summed E-state index contributed by atoms with van der Waals surface area (Å²) >= 11 is 0. The van der Waals surface area contributed by atoms with Crippen molar-refractivity contribution in [2.45, 2.75) is 6.92 Å². The van der Waals surface area contributed by atoms with Gasteiger partial charge in [-0.05, 0) is 13.0 Å². The number of aliphatic carboxylic acids is 1. The Labute approximate surface area is 69.8 Å². The van der Waals surface area contributed by atoms with E-state index in [4.69, 9.17) is 9.66 Å². The van der Waals surface area contributed by atoms with E-state index in [-0.39, 0.29) is 5.57 Å². The zero-order valence-corrected chi connectivity index (χ0v) is 7.13. The Morgan fingerprint density at radius 1 is 1.50 bits per heavy atom. The van der Waals surface area contributed by atoms with E-state index in [1.165, 1.54) is 6.92 Å². The SMILES string of the molecule is C=C(C=C(C)C(=O)O)S(=O)(=O)O. The van der Waals surface area contributed by atoms with Crippen molar-refractivity contribution in [3.8, 4) is 0 Å². The first kappa shape index (κ1) is 10.9. The van der Waals surface area contributed by atoms with Gasteiger partial charge in [-0.15, -0.1) is 0 Å². The van der Waals surface area contributed by atoms with Crippen molar-refractivity contribution in [3.63, 3.8) is 0 Å². The second-order valence-corrected chi connectivity index (χ2v) is 3.55. The first-order valence-electron chi connectivity index (χ1n) is 2.83. The van der Waals surface area contributed by atoms with Crippen LogP contribution in [-0.4, -0.2) is 24.0 Å². The van der Waals surface area contributed by atoms with Crippen LogP contribution < -0.4 is 0 Å². The summed E-state index contributed by atoms with van der Waals surface area (Å²) in [4.78, 5) is 9.54. The monoisotopic (exact) mass is 192 g/mol. The molecule has 0 amide bonds. The van der Waals surface area contributed by atoms with Gasteiger partial charge in [0.2, 0.25) is 0 Å². The summed E-state index contributed by atoms with van der Waals surface area (Å²) in [6.07, 6.45) is 0.775. The minimum Gasteiger partial charge on any atom is -0.478 e. The van der Waals surface area contributed by atoms with Gasteiger partial charge in [-0.1, -0.05) is 6.58 Å². The van der Waals surface area contributed by atoms with Crippen molar-refractivity contribution in [2.24, 2.45) is 0 Å². The Hall–Kier alpha value is -1.14. The molecule has 0 radical (unpaired) electrons. The molecule has 12 heavy (non-hydrogen) atoms. The van der Waals surface area contributed by atoms with E-state index in [0.29, 0.717) is 0 Å². The fourth-order valence-electron chi connectivity index (χ4n) is 0.378. The molecular weight excluding hydrogens is 184 g/mol. The van der Waals surface area contributed by atoms with Crippen molar-refractivity contribution in [2.75, 3.05) is 0 Å². The Kier molecular flexibility index (Phi) is 3.17. The zero-order chi connectivity index (χ0) is 9.94. The molecule has 0 aliphatic heterocycles. The fraction of sp³-hybridized carbons (Fsp3) is 0.167. The lowest BCUT2D eigenvalue weighted by molar-refractivity contribution is -0.132. The van der Waals surface area contributed by atoms with Crippen molar-refractivity contribution >= 4 is 16.1 Å². The zero-order valence-electron chi connectivity index (χ0n) is 6.31. The Morgan fingerprint density at radius 2 is 1.92 bits per heavy atom. The average molecular weight is 192 g/mol. The van der Waals surface area contributed by atoms with Crippen LogP contribution in [0.3, 0.4) is 0 Å². The molecule has 68 valence electrons. The van der Waals surface area contributed by atoms with E-state index in [1.54, 1.807) is 0 Å². The second-order valence-electron chi connectivity index (χ2n) is 2.07. The van der Waals surface area contributed by atoms with Crippen molar-refractivity contribution in [1.82, 2.24) is 0 Å². The number of allylic oxidation sites excluding steroid dienone is 1. The van der Waals surface area contributed by atoms with Gasteiger partial charge in [0.25, 0.3) is 10.1 Å². The predicted molar refractivity (Wildman–Crippen MR) is 42.1 cm³/mol. The standard InChI is InChI=1S/C6H8O5S/c1-4(6(7)8)3-5(2)12(9,10)11/h3H,2H2,1H3,(H,7,8)(H,9,10,11). The summed E-state index contributed by atoms with van der Waals surface area (Å²) in [5.41, 5.74) is -0.211. The smallest absolute Gasteiger partial charge is 0.331 e. The fourth-order valence-corrected chi connectivity index (χ4v) is 0.703. The molecular formula is C6H8O5S. The van der Waals surface area contributed by atoms with Crippen LogP contribution in [0.4, 0.5) is 0 Å². The van der Waals surface area contributed by atoms with E-state index in [0.717, 1.165) is 6.08 Å². The maximum atomic E-state index is 10.3. The molecule has 0 saturated heterocycles. The summed E-state index contributed by atoms with van der Waals surface area (Å²) in [7, 11) is -4.37. The molecule has 2 N–H and O–H groups in total. The Morgan fingerprint density at radius 3 is 2.17 bits per heavy atom. The predicted octanol–water partition coefficient (Wildman–Crippen LogP) is 0.419. The first-order chi connectivity index (χ1) is 5.25. The van der Waals surface area contributed by atoms with Gasteiger partial charge < -0.3 is 5.11 Å². The van der Waals surface area contributed by atoms with Gasteiger partial charge in [-0.25, -0.2) is 4.79 Å². The first-order valence-corrected chi connectivity index (χ1v) is 4.27. The Balaban J connectivity index is 4.81. The molecule has 0 aromatic rings. The molecule has 0 bridgehead atoms. The van der Waals surface area contributed by atoms with E-state index in [1.807, 2.05) is 0 Å². The van der Waals surface area contributed by atoms with E-state index in [9.17, 15) is 13.2 Å². The highest BCUT2D eigenvalue weighted by Crippen LogP contribution is 2.06. The van der Waals surface area contributed by atoms with Crippen LogP contribution in [0.5, 0.6) is 0 Å². The van der Waals surface area contributed by atoms with Crippen molar-refractivity contribution in [1.29, 1.82) is 0 Å². The lowest BCUT2D eigenvalue weighted by Crippen LogP contribution is -2.02. The molecule has 0 aromatic heterocycles. The van der Waals surface area contributed by atoms with E-state index in [2.05, 4.69) is 6.58 Å². The maximum absolute atomic E-state index is 10.3. The molecule has 0 atom stereocenters. The number of hydrogen-bond donors (Lipinski definition) is 2. The Bertz CT molecular complexity index is 335. The van der Waals surface area contributed by atoms with E-state index < -0.39 is 21.0 Å². The highest BCUT2D eigenvalue weighted by molar-refractivity contribution is 7.90. The highest BCUT2D eigenvalue weighted by atomic mass is 32.2. The van der Waals surface area contributed by atoms with Crippen LogP contribution in [0.1, 0.15) is 6.92 Å². The van der Waals surface area contributed by atoms with Crippen molar-refractivity contribution < 1.29 is 22.9 Å². The molecule has 5 nitrogen and oxygen atoms in total. The third-order valence-electron chi connectivity index (χ3n) is 1.05. The second kappa shape index (κ2) is 3.51. The molecule has 0 unspecified atom stereocenters. The van der Waals surface area contributed by atoms with Gasteiger partial charge in [0.05, 0.1) is 4.91 Å². The number of carboxylic acids is 1. The summed E-state index contributed by atoms with van der Waals surface area (Å²) in [5.74, 6) is -1.26. The number of hydrogen-bond acceptors (Lipinski definition) is 3. The number of carboxylic acid groups (broad SMARTS) is 1. The van der Waals surface area contributed by atoms with Crippen LogP contribution >= 0.6 is 0 Å². The van der Waals surface area contributed by atoms with Crippen LogP contribution in [0.2, 0.25) is 0 Å². The maximum Gasteiger partial charge on any atom is 0.331 e. The number of carbonyl (C=O) groups is 1. The molecule has 0 aliphatic rings. The molecule has 0 aromatic carbocycles. The van der Waals surface area contributed by atoms with Crippen LogP contribution in [0.15, 0.2) is 23.1 Å². The van der Waals surface area contributed by atoms with Crippen molar-refractivity contribution in [3.05, 3.63) is 23.1 Å². The number of rotatable bonds is 3. The lowest BCUT2D eigenvalue weighted by atomic mass is 10.3. The summed E-state index contributed by atoms with van der Waals surface area (Å²) in [5, 5.41) is 8.31. The largest absolute Gasteiger partial charge is 0.478 e. The minimum atomic E-state index is -4.37. The molecule has 0 aliphatic carbocycles. The molecule has 0 spiro atoms. The molecule has 6 heteroatoms. The summed E-state index contributed by atoms with van der Waals surface area (Å²) in [6.45, 7) is 4.16. The third-order valence-corrected chi connectivity index (χ3v) is 1.83. The average Bonchev–Trinajstić information content (AvgIpc) is 1.85. The normalized spacial score (nSPS) is 12.7. The lowest BCUT2D eigenvalue weighted by Gasteiger charge is -1.95. The van der Waals surface area contributed by atoms with Gasteiger partial charge in [0.15, 0.2) is 0 Å².